The van der Waals surface area contributed by atoms with E-state index >= 15 is 0 Å². The lowest BCUT2D eigenvalue weighted by atomic mass is 9.86. The molecule has 0 saturated carbocycles. The first-order valence-electron chi connectivity index (χ1n) is 7.79. The lowest BCUT2D eigenvalue weighted by molar-refractivity contribution is 0.241. The summed E-state index contributed by atoms with van der Waals surface area (Å²) in [6.07, 6.45) is 8.07. The number of benzene rings is 1. The second-order valence-electron chi connectivity index (χ2n) is 6.72. The average molecular weight is 285 g/mol. The van der Waals surface area contributed by atoms with Crippen LogP contribution in [0.3, 0.4) is 0 Å². The van der Waals surface area contributed by atoms with Crippen LogP contribution in [0, 0.1) is 5.41 Å². The molecule has 0 fully saturated rings. The number of hydrogen-bond acceptors (Lipinski definition) is 2. The van der Waals surface area contributed by atoms with Crippen LogP contribution in [0.1, 0.15) is 32.8 Å². The number of imidazole rings is 1. The Kier molecular flexibility index (Phi) is 5.57. The second-order valence-corrected chi connectivity index (χ2v) is 6.72. The maximum Gasteiger partial charge on any atom is 0.0946 e. The van der Waals surface area contributed by atoms with Crippen molar-refractivity contribution in [1.29, 1.82) is 0 Å². The van der Waals surface area contributed by atoms with Gasteiger partial charge in [0.25, 0.3) is 0 Å². The summed E-state index contributed by atoms with van der Waals surface area (Å²) in [5, 5.41) is 3.72. The Morgan fingerprint density at radius 3 is 2.57 bits per heavy atom. The van der Waals surface area contributed by atoms with Crippen molar-refractivity contribution in [1.82, 2.24) is 14.9 Å². The number of hydrogen-bond donors (Lipinski definition) is 1. The van der Waals surface area contributed by atoms with Crippen LogP contribution in [0.25, 0.3) is 0 Å². The summed E-state index contributed by atoms with van der Waals surface area (Å²) in [6, 6.07) is 11.1. The van der Waals surface area contributed by atoms with E-state index in [2.05, 4.69) is 66.0 Å². The molecular formula is C18H27N3. The van der Waals surface area contributed by atoms with Crippen molar-refractivity contribution in [2.24, 2.45) is 5.41 Å². The fraction of sp³-hybridized carbons (Fsp3) is 0.500. The first kappa shape index (κ1) is 15.8. The van der Waals surface area contributed by atoms with E-state index in [1.807, 2.05) is 18.7 Å². The number of aryl methyl sites for hydroxylation is 1. The predicted octanol–water partition coefficient (Wildman–Crippen LogP) is 3.52. The van der Waals surface area contributed by atoms with Crippen molar-refractivity contribution in [3.05, 3.63) is 54.6 Å². The van der Waals surface area contributed by atoms with Crippen molar-refractivity contribution in [2.45, 2.75) is 46.2 Å². The van der Waals surface area contributed by atoms with Gasteiger partial charge < -0.3 is 9.88 Å². The Balaban J connectivity index is 1.79. The molecule has 2 rings (SSSR count). The molecule has 1 N–H and O–H groups in total. The fourth-order valence-electron chi connectivity index (χ4n) is 2.46. The van der Waals surface area contributed by atoms with Gasteiger partial charge in [0, 0.05) is 25.0 Å². The molecule has 0 bridgehead atoms. The van der Waals surface area contributed by atoms with E-state index < -0.39 is 0 Å². The van der Waals surface area contributed by atoms with Gasteiger partial charge in [-0.2, -0.15) is 0 Å². The minimum Gasteiger partial charge on any atom is -0.336 e. The Morgan fingerprint density at radius 1 is 1.19 bits per heavy atom. The van der Waals surface area contributed by atoms with Crippen molar-refractivity contribution < 1.29 is 0 Å². The summed E-state index contributed by atoms with van der Waals surface area (Å²) in [4.78, 5) is 4.13. The fourth-order valence-corrected chi connectivity index (χ4v) is 2.46. The second kappa shape index (κ2) is 7.41. The topological polar surface area (TPSA) is 29.9 Å². The molecule has 21 heavy (non-hydrogen) atoms. The van der Waals surface area contributed by atoms with Gasteiger partial charge in [0.1, 0.15) is 0 Å². The predicted molar refractivity (Wildman–Crippen MR) is 88.2 cm³/mol. The molecule has 0 aliphatic rings. The van der Waals surface area contributed by atoms with Gasteiger partial charge in [0.2, 0.25) is 0 Å². The van der Waals surface area contributed by atoms with Crippen LogP contribution < -0.4 is 5.32 Å². The smallest absolute Gasteiger partial charge is 0.0946 e. The highest BCUT2D eigenvalue weighted by Crippen LogP contribution is 2.20. The molecule has 0 aliphatic carbocycles. The highest BCUT2D eigenvalue weighted by Gasteiger charge is 2.24. The molecule has 3 nitrogen and oxygen atoms in total. The van der Waals surface area contributed by atoms with E-state index in [4.69, 9.17) is 0 Å². The molecule has 2 aromatic rings. The third-order valence-electron chi connectivity index (χ3n) is 3.87. The van der Waals surface area contributed by atoms with Gasteiger partial charge in [-0.3, -0.25) is 0 Å². The minimum absolute atomic E-state index is 0.233. The van der Waals surface area contributed by atoms with Crippen molar-refractivity contribution in [2.75, 3.05) is 6.54 Å². The van der Waals surface area contributed by atoms with Crippen molar-refractivity contribution in [3.63, 3.8) is 0 Å². The molecule has 1 atom stereocenters. The molecule has 0 spiro atoms. The molecule has 1 aromatic carbocycles. The zero-order valence-corrected chi connectivity index (χ0v) is 13.4. The average Bonchev–Trinajstić information content (AvgIpc) is 2.95. The zero-order valence-electron chi connectivity index (χ0n) is 13.4. The monoisotopic (exact) mass is 285 g/mol. The number of aromatic nitrogens is 2. The highest BCUT2D eigenvalue weighted by atomic mass is 15.1. The Bertz CT molecular complexity index is 497. The third kappa shape index (κ3) is 5.35. The first-order chi connectivity index (χ1) is 10.1. The van der Waals surface area contributed by atoms with Gasteiger partial charge in [-0.1, -0.05) is 51.1 Å². The maximum absolute atomic E-state index is 4.13. The number of nitrogens with one attached hydrogen (secondary N) is 1. The molecule has 1 heterocycles. The zero-order chi connectivity index (χ0) is 15.1. The highest BCUT2D eigenvalue weighted by molar-refractivity contribution is 5.14. The third-order valence-corrected chi connectivity index (χ3v) is 3.87. The van der Waals surface area contributed by atoms with E-state index in [9.17, 15) is 0 Å². The van der Waals surface area contributed by atoms with Crippen LogP contribution in [-0.2, 0) is 13.0 Å². The lowest BCUT2D eigenvalue weighted by Gasteiger charge is -2.32. The van der Waals surface area contributed by atoms with Gasteiger partial charge in [0.05, 0.1) is 6.33 Å². The summed E-state index contributed by atoms with van der Waals surface area (Å²) >= 11 is 0. The SMILES string of the molecule is CC(C)(C)C(Cn1ccnc1)NCCCc1ccccc1. The summed E-state index contributed by atoms with van der Waals surface area (Å²) in [7, 11) is 0. The maximum atomic E-state index is 4.13. The standard InChI is InChI=1S/C18H27N3/c1-18(2,3)17(14-21-13-12-19-15-21)20-11-7-10-16-8-5-4-6-9-16/h4-6,8-9,12-13,15,17,20H,7,10-11,14H2,1-3H3. The molecule has 114 valence electrons. The van der Waals surface area contributed by atoms with E-state index in [1.54, 1.807) is 0 Å². The molecule has 0 amide bonds. The summed E-state index contributed by atoms with van der Waals surface area (Å²) in [5.41, 5.74) is 1.65. The Labute approximate surface area is 128 Å². The van der Waals surface area contributed by atoms with Crippen LogP contribution in [0.5, 0.6) is 0 Å². The molecular weight excluding hydrogens is 258 g/mol. The quantitative estimate of drug-likeness (QED) is 0.789. The van der Waals surface area contributed by atoms with Crippen LogP contribution in [0.4, 0.5) is 0 Å². The number of rotatable bonds is 7. The van der Waals surface area contributed by atoms with Crippen molar-refractivity contribution >= 4 is 0 Å². The van der Waals surface area contributed by atoms with E-state index in [-0.39, 0.29) is 5.41 Å². The van der Waals surface area contributed by atoms with Gasteiger partial charge >= 0.3 is 0 Å². The van der Waals surface area contributed by atoms with E-state index in [0.717, 1.165) is 19.5 Å². The lowest BCUT2D eigenvalue weighted by Crippen LogP contribution is -2.43. The number of nitrogens with zero attached hydrogens (tertiary/aromatic N) is 2. The first-order valence-corrected chi connectivity index (χ1v) is 7.79. The van der Waals surface area contributed by atoms with Crippen LogP contribution in [-0.4, -0.2) is 22.1 Å². The van der Waals surface area contributed by atoms with Gasteiger partial charge in [-0.15, -0.1) is 0 Å². The molecule has 0 saturated heterocycles. The van der Waals surface area contributed by atoms with Crippen LogP contribution in [0.2, 0.25) is 0 Å². The van der Waals surface area contributed by atoms with Gasteiger partial charge in [-0.05, 0) is 30.4 Å². The Morgan fingerprint density at radius 2 is 1.95 bits per heavy atom. The Hall–Kier alpha value is -1.61. The largest absolute Gasteiger partial charge is 0.336 e. The molecule has 1 unspecified atom stereocenters. The molecule has 0 aliphatic heterocycles. The van der Waals surface area contributed by atoms with Crippen LogP contribution in [0.15, 0.2) is 49.1 Å². The van der Waals surface area contributed by atoms with E-state index in [1.165, 1.54) is 12.0 Å². The summed E-state index contributed by atoms with van der Waals surface area (Å²) in [5.74, 6) is 0. The molecule has 1 aromatic heterocycles. The van der Waals surface area contributed by atoms with Crippen LogP contribution >= 0.6 is 0 Å². The van der Waals surface area contributed by atoms with E-state index in [0.29, 0.717) is 6.04 Å². The summed E-state index contributed by atoms with van der Waals surface area (Å²) < 4.78 is 2.15. The van der Waals surface area contributed by atoms with Gasteiger partial charge in [0.15, 0.2) is 0 Å². The van der Waals surface area contributed by atoms with Gasteiger partial charge in [-0.25, -0.2) is 4.98 Å². The summed E-state index contributed by atoms with van der Waals surface area (Å²) in [6.45, 7) is 8.89. The molecule has 0 radical (unpaired) electrons. The normalized spacial score (nSPS) is 13.3. The van der Waals surface area contributed by atoms with Crippen molar-refractivity contribution in [3.8, 4) is 0 Å². The molecule has 3 heteroatoms. The minimum atomic E-state index is 0.233.